The van der Waals surface area contributed by atoms with E-state index in [2.05, 4.69) is 24.4 Å². The van der Waals surface area contributed by atoms with Crippen LogP contribution >= 0.6 is 11.6 Å². The van der Waals surface area contributed by atoms with Crippen molar-refractivity contribution < 1.29 is 4.74 Å². The maximum absolute atomic E-state index is 6.04. The Balaban J connectivity index is 2.08. The third-order valence-electron chi connectivity index (χ3n) is 2.72. The topological polar surface area (TPSA) is 33.6 Å². The normalized spacial score (nSPS) is 11.0. The molecule has 0 aliphatic heterocycles. The number of anilines is 1. The van der Waals surface area contributed by atoms with Gasteiger partial charge in [0.2, 0.25) is 0 Å². The summed E-state index contributed by atoms with van der Waals surface area (Å²) in [7, 11) is 0. The van der Waals surface area contributed by atoms with E-state index in [1.165, 1.54) is 0 Å². The lowest BCUT2D eigenvalue weighted by Gasteiger charge is -2.11. The number of hydrogen-bond donors (Lipinski definition) is 1. The van der Waals surface area contributed by atoms with Crippen LogP contribution in [-0.2, 0) is 0 Å². The number of hydrogen-bond acceptors (Lipinski definition) is 3. The first-order valence-electron chi connectivity index (χ1n) is 6.91. The van der Waals surface area contributed by atoms with Crippen LogP contribution in [0.25, 0.3) is 0 Å². The van der Waals surface area contributed by atoms with Crippen LogP contribution < -0.4 is 10.2 Å². The van der Waals surface area contributed by atoms with Gasteiger partial charge in [-0.05, 0) is 36.2 Å². The number of nitrogens with one attached hydrogen (secondary N) is 1. The van der Waals surface area contributed by atoms with E-state index in [9.17, 15) is 0 Å². The van der Waals surface area contributed by atoms with Crippen molar-refractivity contribution in [3.8, 4) is 5.75 Å². The zero-order chi connectivity index (χ0) is 15.1. The average Bonchev–Trinajstić information content (AvgIpc) is 2.47. The Morgan fingerprint density at radius 2 is 1.95 bits per heavy atom. The molecule has 2 rings (SSSR count). The van der Waals surface area contributed by atoms with Crippen molar-refractivity contribution >= 4 is 23.5 Å². The quantitative estimate of drug-likeness (QED) is 0.613. The Morgan fingerprint density at radius 3 is 2.67 bits per heavy atom. The highest BCUT2D eigenvalue weighted by Crippen LogP contribution is 2.22. The smallest absolute Gasteiger partial charge is 0.128 e. The number of benzene rings is 2. The molecule has 2 aromatic rings. The molecule has 1 N–H and O–H groups in total. The molecule has 110 valence electrons. The summed E-state index contributed by atoms with van der Waals surface area (Å²) in [5, 5.41) is 4.89. The molecule has 0 fully saturated rings. The van der Waals surface area contributed by atoms with E-state index >= 15 is 0 Å². The number of nitrogens with zero attached hydrogens (tertiary/aromatic N) is 1. The predicted octanol–water partition coefficient (Wildman–Crippen LogP) is 4.82. The van der Waals surface area contributed by atoms with Gasteiger partial charge in [0.1, 0.15) is 5.75 Å². The summed E-state index contributed by atoms with van der Waals surface area (Å²) in [6.45, 7) is 4.88. The molecule has 3 nitrogen and oxygen atoms in total. The minimum absolute atomic E-state index is 0.466. The van der Waals surface area contributed by atoms with E-state index in [1.807, 2.05) is 48.5 Å². The maximum atomic E-state index is 6.04. The van der Waals surface area contributed by atoms with E-state index in [4.69, 9.17) is 16.3 Å². The van der Waals surface area contributed by atoms with Crippen LogP contribution in [0, 0.1) is 5.92 Å². The predicted molar refractivity (Wildman–Crippen MR) is 89.4 cm³/mol. The summed E-state index contributed by atoms with van der Waals surface area (Å²) in [4.78, 5) is 0. The molecular formula is C17H19ClN2O. The number of para-hydroxylation sites is 1. The second-order valence-corrected chi connectivity index (χ2v) is 5.56. The molecule has 0 aromatic heterocycles. The SMILES string of the molecule is CC(C)COc1ccc(Cl)cc1C=NNc1ccccc1. The molecule has 2 aromatic carbocycles. The van der Waals surface area contributed by atoms with E-state index in [0.29, 0.717) is 17.5 Å². The van der Waals surface area contributed by atoms with Gasteiger partial charge in [0.15, 0.2) is 0 Å². The first kappa shape index (κ1) is 15.4. The molecule has 0 saturated heterocycles. The van der Waals surface area contributed by atoms with Crippen molar-refractivity contribution in [2.45, 2.75) is 13.8 Å². The number of halogens is 1. The molecule has 0 saturated carbocycles. The van der Waals surface area contributed by atoms with Gasteiger partial charge in [0, 0.05) is 10.6 Å². The summed E-state index contributed by atoms with van der Waals surface area (Å²) in [5.41, 5.74) is 4.76. The van der Waals surface area contributed by atoms with Crippen molar-refractivity contribution in [3.63, 3.8) is 0 Å². The van der Waals surface area contributed by atoms with Crippen molar-refractivity contribution in [1.29, 1.82) is 0 Å². The zero-order valence-electron chi connectivity index (χ0n) is 12.2. The maximum Gasteiger partial charge on any atom is 0.128 e. The zero-order valence-corrected chi connectivity index (χ0v) is 13.0. The summed E-state index contributed by atoms with van der Waals surface area (Å²) in [6, 6.07) is 15.3. The number of rotatable bonds is 6. The van der Waals surface area contributed by atoms with Crippen LogP contribution in [0.3, 0.4) is 0 Å². The molecule has 0 heterocycles. The molecule has 0 amide bonds. The molecule has 4 heteroatoms. The molecule has 0 bridgehead atoms. The fourth-order valence-corrected chi connectivity index (χ4v) is 1.88. The van der Waals surface area contributed by atoms with Gasteiger partial charge in [-0.25, -0.2) is 0 Å². The van der Waals surface area contributed by atoms with E-state index in [-0.39, 0.29) is 0 Å². The fraction of sp³-hybridized carbons (Fsp3) is 0.235. The molecule has 21 heavy (non-hydrogen) atoms. The highest BCUT2D eigenvalue weighted by Gasteiger charge is 2.04. The van der Waals surface area contributed by atoms with E-state index in [0.717, 1.165) is 17.0 Å². The lowest BCUT2D eigenvalue weighted by Crippen LogP contribution is -2.06. The lowest BCUT2D eigenvalue weighted by atomic mass is 10.2. The minimum atomic E-state index is 0.466. The van der Waals surface area contributed by atoms with Crippen LogP contribution in [0.4, 0.5) is 5.69 Å². The molecule has 0 unspecified atom stereocenters. The van der Waals surface area contributed by atoms with Crippen LogP contribution in [0.15, 0.2) is 53.6 Å². The molecule has 0 aliphatic rings. The highest BCUT2D eigenvalue weighted by atomic mass is 35.5. The van der Waals surface area contributed by atoms with Gasteiger partial charge in [0.05, 0.1) is 18.5 Å². The minimum Gasteiger partial charge on any atom is -0.493 e. The van der Waals surface area contributed by atoms with Gasteiger partial charge in [0.25, 0.3) is 0 Å². The van der Waals surface area contributed by atoms with Crippen molar-refractivity contribution in [1.82, 2.24) is 0 Å². The monoisotopic (exact) mass is 302 g/mol. The molecular weight excluding hydrogens is 284 g/mol. The van der Waals surface area contributed by atoms with E-state index < -0.39 is 0 Å². The number of hydrazone groups is 1. The van der Waals surface area contributed by atoms with Gasteiger partial charge >= 0.3 is 0 Å². The van der Waals surface area contributed by atoms with Gasteiger partial charge in [-0.3, -0.25) is 5.43 Å². The Bertz CT molecular complexity index is 597. The summed E-state index contributed by atoms with van der Waals surface area (Å²) < 4.78 is 5.78. The van der Waals surface area contributed by atoms with Gasteiger partial charge in [-0.1, -0.05) is 43.6 Å². The standard InChI is InChI=1S/C17H19ClN2O/c1-13(2)12-21-17-9-8-15(18)10-14(17)11-19-20-16-6-4-3-5-7-16/h3-11,13,20H,12H2,1-2H3. The summed E-state index contributed by atoms with van der Waals surface area (Å²) in [5.74, 6) is 1.25. The van der Waals surface area contributed by atoms with Crippen LogP contribution in [-0.4, -0.2) is 12.8 Å². The average molecular weight is 303 g/mol. The van der Waals surface area contributed by atoms with Gasteiger partial charge < -0.3 is 4.74 Å². The Morgan fingerprint density at radius 1 is 1.19 bits per heavy atom. The third kappa shape index (κ3) is 5.12. The second-order valence-electron chi connectivity index (χ2n) is 5.12. The first-order valence-corrected chi connectivity index (χ1v) is 7.29. The highest BCUT2D eigenvalue weighted by molar-refractivity contribution is 6.30. The van der Waals surface area contributed by atoms with Crippen molar-refractivity contribution in [2.75, 3.05) is 12.0 Å². The molecule has 0 atom stereocenters. The molecule has 0 radical (unpaired) electrons. The molecule has 0 spiro atoms. The Hall–Kier alpha value is -2.00. The lowest BCUT2D eigenvalue weighted by molar-refractivity contribution is 0.271. The second kappa shape index (κ2) is 7.70. The summed E-state index contributed by atoms with van der Waals surface area (Å²) >= 11 is 6.04. The largest absolute Gasteiger partial charge is 0.493 e. The van der Waals surface area contributed by atoms with Crippen LogP contribution in [0.1, 0.15) is 19.4 Å². The van der Waals surface area contributed by atoms with Crippen molar-refractivity contribution in [3.05, 3.63) is 59.1 Å². The van der Waals surface area contributed by atoms with Gasteiger partial charge in [-0.15, -0.1) is 0 Å². The first-order chi connectivity index (χ1) is 10.1. The third-order valence-corrected chi connectivity index (χ3v) is 2.95. The van der Waals surface area contributed by atoms with Gasteiger partial charge in [-0.2, -0.15) is 5.10 Å². The van der Waals surface area contributed by atoms with E-state index in [1.54, 1.807) is 6.21 Å². The Kier molecular flexibility index (Phi) is 5.64. The Labute approximate surface area is 130 Å². The fourth-order valence-electron chi connectivity index (χ4n) is 1.70. The number of ether oxygens (including phenoxy) is 1. The molecule has 0 aliphatic carbocycles. The van der Waals surface area contributed by atoms with Crippen molar-refractivity contribution in [2.24, 2.45) is 11.0 Å². The van der Waals surface area contributed by atoms with Crippen LogP contribution in [0.2, 0.25) is 5.02 Å². The van der Waals surface area contributed by atoms with Crippen LogP contribution in [0.5, 0.6) is 5.75 Å². The summed E-state index contributed by atoms with van der Waals surface area (Å²) in [6.07, 6.45) is 1.72.